The summed E-state index contributed by atoms with van der Waals surface area (Å²) in [5.74, 6) is -0.582. The number of hydrogen-bond donors (Lipinski definition) is 0. The van der Waals surface area contributed by atoms with Gasteiger partial charge < -0.3 is 14.2 Å². The lowest BCUT2D eigenvalue weighted by Gasteiger charge is -2.21. The number of rotatable bonds is 8. The maximum atomic E-state index is 11.7. The van der Waals surface area contributed by atoms with Crippen LogP contribution >= 0.6 is 0 Å². The first-order valence-electron chi connectivity index (χ1n) is 6.80. The van der Waals surface area contributed by atoms with Gasteiger partial charge in [0, 0.05) is 13.5 Å². The maximum absolute atomic E-state index is 11.7. The van der Waals surface area contributed by atoms with Crippen LogP contribution in [-0.2, 0) is 24.3 Å². The largest absolute Gasteiger partial charge is 0.543 e. The average Bonchev–Trinajstić information content (AvgIpc) is 2.54. The summed E-state index contributed by atoms with van der Waals surface area (Å²) >= 11 is 0. The first-order valence-corrected chi connectivity index (χ1v) is 6.80. The average molecular weight is 328 g/mol. The van der Waals surface area contributed by atoms with Gasteiger partial charge in [0.15, 0.2) is 0 Å². The van der Waals surface area contributed by atoms with E-state index in [0.29, 0.717) is 12.2 Å². The second kappa shape index (κ2) is 8.96. The molecule has 1 rings (SSSR count). The molecule has 23 heavy (non-hydrogen) atoms. The van der Waals surface area contributed by atoms with E-state index in [1.54, 1.807) is 25.3 Å². The molecule has 0 unspecified atom stereocenters. The standard InChI is InChI=1S/C15H20O8/c1-15(2,19-4)9-10-20-14(17)22-23-21-13(16)11-7-5-6-8-12(11)18-3/h5-8H,9-10H2,1-4H3. The Bertz CT molecular complexity index is 526. The van der Waals surface area contributed by atoms with E-state index >= 15 is 0 Å². The summed E-state index contributed by atoms with van der Waals surface area (Å²) in [6.45, 7) is 3.74. The normalized spacial score (nSPS) is 10.8. The minimum absolute atomic E-state index is 0.0590. The van der Waals surface area contributed by atoms with Gasteiger partial charge in [0.25, 0.3) is 0 Å². The van der Waals surface area contributed by atoms with E-state index in [4.69, 9.17) is 14.2 Å². The van der Waals surface area contributed by atoms with E-state index in [0.717, 1.165) is 0 Å². The third-order valence-corrected chi connectivity index (χ3v) is 3.02. The Morgan fingerprint density at radius 1 is 1.09 bits per heavy atom. The monoisotopic (exact) mass is 328 g/mol. The van der Waals surface area contributed by atoms with Gasteiger partial charge in [-0.25, -0.2) is 14.5 Å². The fourth-order valence-corrected chi connectivity index (χ4v) is 1.44. The van der Waals surface area contributed by atoms with Gasteiger partial charge in [-0.15, -0.1) is 0 Å². The number of methoxy groups -OCH3 is 2. The number of carbonyl (C=O) groups is 2. The summed E-state index contributed by atoms with van der Waals surface area (Å²) < 4.78 is 14.9. The summed E-state index contributed by atoms with van der Waals surface area (Å²) in [6.07, 6.45) is -0.677. The molecule has 0 amide bonds. The molecule has 0 saturated carbocycles. The third-order valence-electron chi connectivity index (χ3n) is 3.02. The Morgan fingerprint density at radius 3 is 2.43 bits per heavy atom. The van der Waals surface area contributed by atoms with Crippen molar-refractivity contribution in [3.63, 3.8) is 0 Å². The van der Waals surface area contributed by atoms with Crippen LogP contribution in [0.5, 0.6) is 5.75 Å². The van der Waals surface area contributed by atoms with Crippen molar-refractivity contribution in [2.24, 2.45) is 0 Å². The van der Waals surface area contributed by atoms with Gasteiger partial charge in [0.1, 0.15) is 11.3 Å². The lowest BCUT2D eigenvalue weighted by molar-refractivity contribution is -0.452. The molecule has 0 aromatic heterocycles. The second-order valence-corrected chi connectivity index (χ2v) is 5.03. The zero-order valence-corrected chi connectivity index (χ0v) is 13.5. The molecule has 0 aliphatic rings. The molecule has 1 aromatic rings. The SMILES string of the molecule is COc1ccccc1C(=O)OOOC(=O)OCCC(C)(C)OC. The molecule has 0 aliphatic heterocycles. The maximum Gasteiger partial charge on any atom is 0.543 e. The molecular weight excluding hydrogens is 308 g/mol. The quantitative estimate of drug-likeness (QED) is 0.409. The molecule has 0 atom stereocenters. The van der Waals surface area contributed by atoms with Crippen molar-refractivity contribution in [1.29, 1.82) is 0 Å². The fourth-order valence-electron chi connectivity index (χ4n) is 1.44. The summed E-state index contributed by atoms with van der Waals surface area (Å²) in [7, 11) is 2.96. The van der Waals surface area contributed by atoms with Gasteiger partial charge in [0.05, 0.1) is 24.4 Å². The first-order chi connectivity index (χ1) is 10.9. The highest BCUT2D eigenvalue weighted by atomic mass is 17.5. The molecule has 0 spiro atoms. The van der Waals surface area contributed by atoms with Crippen LogP contribution in [0.15, 0.2) is 24.3 Å². The first kappa shape index (κ1) is 18.7. The Labute approximate surface area is 134 Å². The number of carbonyl (C=O) groups excluding carboxylic acids is 2. The van der Waals surface area contributed by atoms with Gasteiger partial charge in [0.2, 0.25) is 0 Å². The number of hydrogen-bond acceptors (Lipinski definition) is 8. The zero-order valence-electron chi connectivity index (χ0n) is 13.5. The van der Waals surface area contributed by atoms with Crippen molar-refractivity contribution in [3.05, 3.63) is 29.8 Å². The van der Waals surface area contributed by atoms with Crippen LogP contribution in [0.2, 0.25) is 0 Å². The van der Waals surface area contributed by atoms with E-state index in [1.807, 2.05) is 13.8 Å². The van der Waals surface area contributed by atoms with Crippen LogP contribution in [0.4, 0.5) is 4.79 Å². The predicted molar refractivity (Wildman–Crippen MR) is 77.6 cm³/mol. The molecule has 0 radical (unpaired) electrons. The van der Waals surface area contributed by atoms with E-state index in [2.05, 4.69) is 14.8 Å². The van der Waals surface area contributed by atoms with Gasteiger partial charge in [-0.2, -0.15) is 0 Å². The third kappa shape index (κ3) is 6.54. The summed E-state index contributed by atoms with van der Waals surface area (Å²) in [5.41, 5.74) is -0.314. The number of ether oxygens (including phenoxy) is 3. The van der Waals surface area contributed by atoms with Crippen molar-refractivity contribution in [1.82, 2.24) is 0 Å². The molecule has 8 nitrogen and oxygen atoms in total. The van der Waals surface area contributed by atoms with Crippen molar-refractivity contribution in [2.45, 2.75) is 25.9 Å². The smallest absolute Gasteiger partial charge is 0.496 e. The van der Waals surface area contributed by atoms with Gasteiger partial charge >= 0.3 is 12.1 Å². The summed E-state index contributed by atoms with van der Waals surface area (Å²) in [5, 5.41) is 4.11. The second-order valence-electron chi connectivity index (χ2n) is 5.03. The van der Waals surface area contributed by atoms with E-state index < -0.39 is 17.7 Å². The Morgan fingerprint density at radius 2 is 1.78 bits per heavy atom. The Kier molecular flexibility index (Phi) is 7.30. The van der Waals surface area contributed by atoms with Crippen molar-refractivity contribution < 1.29 is 38.6 Å². The summed E-state index contributed by atoms with van der Waals surface area (Å²) in [6, 6.07) is 6.34. The van der Waals surface area contributed by atoms with Crippen molar-refractivity contribution in [2.75, 3.05) is 20.8 Å². The van der Waals surface area contributed by atoms with Crippen molar-refractivity contribution in [3.8, 4) is 5.75 Å². The predicted octanol–water partition coefficient (Wildman–Crippen LogP) is 2.67. The molecule has 0 N–H and O–H groups in total. The Hall–Kier alpha value is -2.32. The van der Waals surface area contributed by atoms with Crippen LogP contribution < -0.4 is 4.74 Å². The number of benzene rings is 1. The Balaban J connectivity index is 2.31. The van der Waals surface area contributed by atoms with Gasteiger partial charge in [-0.3, -0.25) is 4.89 Å². The molecule has 0 heterocycles. The zero-order chi connectivity index (χ0) is 17.3. The van der Waals surface area contributed by atoms with E-state index in [1.165, 1.54) is 13.2 Å². The van der Waals surface area contributed by atoms with Crippen molar-refractivity contribution >= 4 is 12.1 Å². The molecule has 0 bridgehead atoms. The molecule has 1 aromatic carbocycles. The lowest BCUT2D eigenvalue weighted by atomic mass is 10.1. The molecule has 0 aliphatic carbocycles. The fraction of sp³-hybridized carbons (Fsp3) is 0.467. The van der Waals surface area contributed by atoms with E-state index in [-0.39, 0.29) is 12.2 Å². The minimum atomic E-state index is -1.13. The molecule has 8 heteroatoms. The highest BCUT2D eigenvalue weighted by Crippen LogP contribution is 2.18. The van der Waals surface area contributed by atoms with Crippen LogP contribution in [-0.4, -0.2) is 38.6 Å². The molecule has 0 fully saturated rings. The summed E-state index contributed by atoms with van der Waals surface area (Å²) in [4.78, 5) is 31.5. The van der Waals surface area contributed by atoms with Crippen LogP contribution in [0.25, 0.3) is 0 Å². The highest BCUT2D eigenvalue weighted by Gasteiger charge is 2.19. The lowest BCUT2D eigenvalue weighted by Crippen LogP contribution is -2.25. The topological polar surface area (TPSA) is 89.5 Å². The van der Waals surface area contributed by atoms with Crippen LogP contribution in [0.3, 0.4) is 0 Å². The van der Waals surface area contributed by atoms with Gasteiger partial charge in [-0.1, -0.05) is 12.1 Å². The molecule has 128 valence electrons. The number of para-hydroxylation sites is 1. The molecule has 0 saturated heterocycles. The van der Waals surface area contributed by atoms with Crippen LogP contribution in [0, 0.1) is 0 Å². The minimum Gasteiger partial charge on any atom is -0.496 e. The van der Waals surface area contributed by atoms with Gasteiger partial charge in [-0.05, 0) is 26.0 Å². The van der Waals surface area contributed by atoms with Crippen LogP contribution in [0.1, 0.15) is 30.6 Å². The molecular formula is C15H20O8. The van der Waals surface area contributed by atoms with E-state index in [9.17, 15) is 9.59 Å². The highest BCUT2D eigenvalue weighted by molar-refractivity contribution is 5.92.